The van der Waals surface area contributed by atoms with Gasteiger partial charge in [0, 0.05) is 21.6 Å². The van der Waals surface area contributed by atoms with Crippen LogP contribution in [0.3, 0.4) is 0 Å². The maximum absolute atomic E-state index is 6.15. The van der Waals surface area contributed by atoms with Crippen LogP contribution in [0.1, 0.15) is 18.2 Å². The zero-order chi connectivity index (χ0) is 14.8. The molecule has 1 heterocycles. The van der Waals surface area contributed by atoms with Gasteiger partial charge in [-0.05, 0) is 54.3 Å². The molecule has 1 aromatic heterocycles. The van der Waals surface area contributed by atoms with Crippen molar-refractivity contribution in [3.63, 3.8) is 0 Å². The molecule has 0 saturated heterocycles. The lowest BCUT2D eigenvalue weighted by Gasteiger charge is -2.07. The fraction of sp³-hybridized carbons (Fsp3) is 0.222. The lowest BCUT2D eigenvalue weighted by Crippen LogP contribution is -2.04. The number of hydrogen-bond donors (Lipinski definition) is 2. The summed E-state index contributed by atoms with van der Waals surface area (Å²) in [5.41, 5.74) is 12.0. The molecule has 0 aliphatic carbocycles. The van der Waals surface area contributed by atoms with Gasteiger partial charge < -0.3 is 10.7 Å². The van der Waals surface area contributed by atoms with Crippen LogP contribution in [0, 0.1) is 0 Å². The van der Waals surface area contributed by atoms with Crippen molar-refractivity contribution in [2.75, 3.05) is 6.54 Å². The van der Waals surface area contributed by atoms with E-state index in [1.54, 1.807) is 0 Å². The lowest BCUT2D eigenvalue weighted by molar-refractivity contribution is 0.936. The molecule has 3 N–H and O–H groups in total. The number of nitrogens with one attached hydrogen (secondary N) is 1. The van der Waals surface area contributed by atoms with Crippen LogP contribution in [0.15, 0.2) is 42.5 Å². The van der Waals surface area contributed by atoms with E-state index in [1.165, 1.54) is 27.7 Å². The number of nitrogens with two attached hydrogens (primary N) is 1. The summed E-state index contributed by atoms with van der Waals surface area (Å²) in [7, 11) is 0. The number of benzene rings is 2. The van der Waals surface area contributed by atoms with Gasteiger partial charge >= 0.3 is 0 Å². The number of aromatic nitrogens is 1. The Morgan fingerprint density at radius 3 is 2.67 bits per heavy atom. The molecule has 0 unspecified atom stereocenters. The highest BCUT2D eigenvalue weighted by molar-refractivity contribution is 6.30. The SMILES string of the molecule is CCc1[nH]c2cccc(-c3cccc(Cl)c3)c2c1CCN. The number of aryl methyl sites for hydroxylation is 1. The molecule has 0 spiro atoms. The Balaban J connectivity index is 2.30. The molecule has 3 aromatic rings. The molecule has 2 aromatic carbocycles. The van der Waals surface area contributed by atoms with Crippen molar-refractivity contribution < 1.29 is 0 Å². The van der Waals surface area contributed by atoms with Gasteiger partial charge in [0.15, 0.2) is 0 Å². The number of fused-ring (bicyclic) bond motifs is 1. The van der Waals surface area contributed by atoms with Crippen LogP contribution >= 0.6 is 11.6 Å². The van der Waals surface area contributed by atoms with E-state index < -0.39 is 0 Å². The van der Waals surface area contributed by atoms with Crippen LogP contribution in [0.5, 0.6) is 0 Å². The van der Waals surface area contributed by atoms with Gasteiger partial charge in [-0.3, -0.25) is 0 Å². The second kappa shape index (κ2) is 5.92. The Kier molecular flexibility index (Phi) is 4.00. The standard InChI is InChI=1S/C18H19ClN2/c1-2-16-15(9-10-20)18-14(7-4-8-17(18)21-16)12-5-3-6-13(19)11-12/h3-8,11,21H,2,9-10,20H2,1H3. The Bertz CT molecular complexity index is 774. The van der Waals surface area contributed by atoms with Crippen molar-refractivity contribution in [1.29, 1.82) is 0 Å². The minimum atomic E-state index is 0.657. The van der Waals surface area contributed by atoms with Crippen LogP contribution in [0.25, 0.3) is 22.0 Å². The van der Waals surface area contributed by atoms with Crippen molar-refractivity contribution in [2.24, 2.45) is 5.73 Å². The molecule has 2 nitrogen and oxygen atoms in total. The summed E-state index contributed by atoms with van der Waals surface area (Å²) in [6.07, 6.45) is 1.87. The maximum Gasteiger partial charge on any atom is 0.0465 e. The minimum absolute atomic E-state index is 0.657. The summed E-state index contributed by atoms with van der Waals surface area (Å²) in [6.45, 7) is 2.83. The Labute approximate surface area is 129 Å². The van der Waals surface area contributed by atoms with Crippen LogP contribution < -0.4 is 5.73 Å². The predicted octanol–water partition coefficient (Wildman–Crippen LogP) is 4.55. The van der Waals surface area contributed by atoms with Crippen molar-refractivity contribution in [2.45, 2.75) is 19.8 Å². The highest BCUT2D eigenvalue weighted by atomic mass is 35.5. The molecule has 3 heteroatoms. The van der Waals surface area contributed by atoms with Crippen molar-refractivity contribution in [3.8, 4) is 11.1 Å². The second-order valence-corrected chi connectivity index (χ2v) is 5.65. The summed E-state index contributed by atoms with van der Waals surface area (Å²) in [6, 6.07) is 14.4. The molecule has 0 fully saturated rings. The second-order valence-electron chi connectivity index (χ2n) is 5.21. The molecule has 21 heavy (non-hydrogen) atoms. The van der Waals surface area contributed by atoms with Gasteiger partial charge in [-0.25, -0.2) is 0 Å². The summed E-state index contributed by atoms with van der Waals surface area (Å²) >= 11 is 6.15. The highest BCUT2D eigenvalue weighted by Crippen LogP contribution is 2.34. The summed E-state index contributed by atoms with van der Waals surface area (Å²) in [5, 5.41) is 2.04. The number of halogens is 1. The molecule has 0 bridgehead atoms. The number of rotatable bonds is 4. The normalized spacial score (nSPS) is 11.2. The Morgan fingerprint density at radius 2 is 1.95 bits per heavy atom. The summed E-state index contributed by atoms with van der Waals surface area (Å²) < 4.78 is 0. The van der Waals surface area contributed by atoms with Gasteiger partial charge in [0.05, 0.1) is 0 Å². The first-order chi connectivity index (χ1) is 10.2. The molecular formula is C18H19ClN2. The zero-order valence-corrected chi connectivity index (χ0v) is 12.9. The average Bonchev–Trinajstić information content (AvgIpc) is 2.86. The van der Waals surface area contributed by atoms with E-state index in [0.717, 1.165) is 23.4 Å². The van der Waals surface area contributed by atoms with Gasteiger partial charge in [-0.15, -0.1) is 0 Å². The Hall–Kier alpha value is -1.77. The third-order valence-electron chi connectivity index (χ3n) is 3.90. The predicted molar refractivity (Wildman–Crippen MR) is 90.9 cm³/mol. The molecule has 0 atom stereocenters. The molecule has 0 radical (unpaired) electrons. The van der Waals surface area contributed by atoms with Gasteiger partial charge in [-0.2, -0.15) is 0 Å². The van der Waals surface area contributed by atoms with E-state index in [0.29, 0.717) is 6.54 Å². The monoisotopic (exact) mass is 298 g/mol. The lowest BCUT2D eigenvalue weighted by atomic mass is 9.96. The van der Waals surface area contributed by atoms with E-state index in [1.807, 2.05) is 18.2 Å². The van der Waals surface area contributed by atoms with Crippen molar-refractivity contribution >= 4 is 22.5 Å². The fourth-order valence-corrected chi connectivity index (χ4v) is 3.18. The Morgan fingerprint density at radius 1 is 1.14 bits per heavy atom. The van der Waals surface area contributed by atoms with Crippen molar-refractivity contribution in [3.05, 3.63) is 58.7 Å². The first-order valence-corrected chi connectivity index (χ1v) is 7.70. The van der Waals surface area contributed by atoms with Gasteiger partial charge in [0.25, 0.3) is 0 Å². The van der Waals surface area contributed by atoms with E-state index >= 15 is 0 Å². The molecule has 108 valence electrons. The van der Waals surface area contributed by atoms with E-state index in [2.05, 4.69) is 36.2 Å². The van der Waals surface area contributed by atoms with Crippen LogP contribution in [-0.2, 0) is 12.8 Å². The van der Waals surface area contributed by atoms with Crippen LogP contribution in [-0.4, -0.2) is 11.5 Å². The van der Waals surface area contributed by atoms with Gasteiger partial charge in [0.1, 0.15) is 0 Å². The van der Waals surface area contributed by atoms with Gasteiger partial charge in [0.2, 0.25) is 0 Å². The van der Waals surface area contributed by atoms with Crippen LogP contribution in [0.4, 0.5) is 0 Å². The number of H-pyrrole nitrogens is 1. The summed E-state index contributed by atoms with van der Waals surface area (Å²) in [4.78, 5) is 3.53. The third-order valence-corrected chi connectivity index (χ3v) is 4.13. The van der Waals surface area contributed by atoms with Crippen molar-refractivity contribution in [1.82, 2.24) is 4.98 Å². The quantitative estimate of drug-likeness (QED) is 0.729. The molecule has 0 amide bonds. The fourth-order valence-electron chi connectivity index (χ4n) is 2.99. The topological polar surface area (TPSA) is 41.8 Å². The zero-order valence-electron chi connectivity index (χ0n) is 12.1. The molecule has 3 rings (SSSR count). The van der Waals surface area contributed by atoms with Gasteiger partial charge in [-0.1, -0.05) is 42.8 Å². The highest BCUT2D eigenvalue weighted by Gasteiger charge is 2.14. The van der Waals surface area contributed by atoms with E-state index in [-0.39, 0.29) is 0 Å². The minimum Gasteiger partial charge on any atom is -0.358 e. The average molecular weight is 299 g/mol. The van der Waals surface area contributed by atoms with E-state index in [4.69, 9.17) is 17.3 Å². The molecular weight excluding hydrogens is 280 g/mol. The third kappa shape index (κ3) is 2.57. The molecule has 0 saturated carbocycles. The molecule has 0 aliphatic heterocycles. The van der Waals surface area contributed by atoms with Crippen LogP contribution in [0.2, 0.25) is 5.02 Å². The largest absolute Gasteiger partial charge is 0.358 e. The first kappa shape index (κ1) is 14.2. The summed E-state index contributed by atoms with van der Waals surface area (Å²) in [5.74, 6) is 0. The number of hydrogen-bond acceptors (Lipinski definition) is 1. The smallest absolute Gasteiger partial charge is 0.0465 e. The number of aromatic amines is 1. The van der Waals surface area contributed by atoms with E-state index in [9.17, 15) is 0 Å². The maximum atomic E-state index is 6.15. The first-order valence-electron chi connectivity index (χ1n) is 7.33. The molecule has 0 aliphatic rings.